The van der Waals surface area contributed by atoms with Crippen molar-refractivity contribution in [3.8, 4) is 11.5 Å². The summed E-state index contributed by atoms with van der Waals surface area (Å²) in [5, 5.41) is 2.58. The quantitative estimate of drug-likeness (QED) is 0.632. The highest BCUT2D eigenvalue weighted by Gasteiger charge is 2.37. The van der Waals surface area contributed by atoms with Gasteiger partial charge in [-0.25, -0.2) is 12.8 Å². The van der Waals surface area contributed by atoms with Crippen LogP contribution in [0, 0.1) is 12.7 Å². The third-order valence-corrected chi connectivity index (χ3v) is 6.81. The number of hydrogen-bond donors (Lipinski definition) is 1. The molecule has 1 aliphatic heterocycles. The molecule has 1 heterocycles. The molecule has 1 aliphatic rings. The summed E-state index contributed by atoms with van der Waals surface area (Å²) in [6.45, 7) is 1.59. The van der Waals surface area contributed by atoms with Crippen molar-refractivity contribution >= 4 is 27.3 Å². The average Bonchev–Trinajstić information content (AvgIpc) is 2.78. The molecule has 0 fully saturated rings. The number of amides is 1. The number of anilines is 2. The van der Waals surface area contributed by atoms with Crippen molar-refractivity contribution in [1.29, 1.82) is 0 Å². The van der Waals surface area contributed by atoms with Crippen LogP contribution in [-0.4, -0.2) is 34.1 Å². The highest BCUT2D eigenvalue weighted by atomic mass is 32.2. The molecule has 0 bridgehead atoms. The van der Waals surface area contributed by atoms with Crippen LogP contribution in [0.3, 0.4) is 0 Å². The Balaban J connectivity index is 1.69. The van der Waals surface area contributed by atoms with E-state index >= 15 is 0 Å². The molecule has 3 aromatic carbocycles. The molecule has 9 heteroatoms. The van der Waals surface area contributed by atoms with E-state index in [9.17, 15) is 17.6 Å². The van der Waals surface area contributed by atoms with Crippen LogP contribution in [0.5, 0.6) is 11.5 Å². The lowest BCUT2D eigenvalue weighted by Gasteiger charge is -2.35. The zero-order valence-electron chi connectivity index (χ0n) is 17.4. The number of nitrogens with one attached hydrogen (secondary N) is 1. The van der Waals surface area contributed by atoms with Gasteiger partial charge in [0.1, 0.15) is 17.3 Å². The highest BCUT2D eigenvalue weighted by molar-refractivity contribution is 7.92. The fraction of sp³-hybridized carbons (Fsp3) is 0.174. The highest BCUT2D eigenvalue weighted by Crippen LogP contribution is 2.38. The van der Waals surface area contributed by atoms with Crippen molar-refractivity contribution < 1.29 is 27.1 Å². The molecular formula is C23H21FN2O5S. The van der Waals surface area contributed by atoms with E-state index < -0.39 is 27.9 Å². The smallest absolute Gasteiger partial charge is 0.267 e. The van der Waals surface area contributed by atoms with Gasteiger partial charge in [0.05, 0.1) is 24.2 Å². The van der Waals surface area contributed by atoms with Crippen molar-refractivity contribution in [3.05, 3.63) is 78.1 Å². The molecule has 1 unspecified atom stereocenters. The van der Waals surface area contributed by atoms with Crippen molar-refractivity contribution in [2.75, 3.05) is 23.3 Å². The van der Waals surface area contributed by atoms with Gasteiger partial charge in [0.15, 0.2) is 6.10 Å². The third-order valence-electron chi connectivity index (χ3n) is 5.02. The lowest BCUT2D eigenvalue weighted by molar-refractivity contribution is -0.122. The van der Waals surface area contributed by atoms with Crippen LogP contribution < -0.4 is 19.1 Å². The number of hydrogen-bond acceptors (Lipinski definition) is 5. The second-order valence-electron chi connectivity index (χ2n) is 7.29. The number of aryl methyl sites for hydroxylation is 1. The first-order chi connectivity index (χ1) is 15.3. The van der Waals surface area contributed by atoms with Crippen LogP contribution in [0.25, 0.3) is 0 Å². The second kappa shape index (κ2) is 8.51. The van der Waals surface area contributed by atoms with E-state index in [0.717, 1.165) is 9.87 Å². The summed E-state index contributed by atoms with van der Waals surface area (Å²) < 4.78 is 52.5. The van der Waals surface area contributed by atoms with E-state index in [0.29, 0.717) is 11.4 Å². The van der Waals surface area contributed by atoms with E-state index in [2.05, 4.69) is 5.32 Å². The summed E-state index contributed by atoms with van der Waals surface area (Å²) in [4.78, 5) is 12.9. The number of halogens is 1. The fourth-order valence-corrected chi connectivity index (χ4v) is 4.87. The number of carbonyl (C=O) groups is 1. The van der Waals surface area contributed by atoms with E-state index in [1.54, 1.807) is 30.3 Å². The van der Waals surface area contributed by atoms with Crippen LogP contribution in [0.1, 0.15) is 5.56 Å². The summed E-state index contributed by atoms with van der Waals surface area (Å²) in [5.41, 5.74) is 1.43. The Morgan fingerprint density at radius 2 is 1.88 bits per heavy atom. The van der Waals surface area contributed by atoms with Gasteiger partial charge in [0.25, 0.3) is 15.9 Å². The Labute approximate surface area is 185 Å². The molecule has 166 valence electrons. The normalized spacial score (nSPS) is 15.5. The summed E-state index contributed by atoms with van der Waals surface area (Å²) in [5.74, 6) is -0.295. The van der Waals surface area contributed by atoms with E-state index in [1.165, 1.54) is 43.5 Å². The van der Waals surface area contributed by atoms with Gasteiger partial charge in [-0.15, -0.1) is 0 Å². The number of fused-ring (bicyclic) bond motifs is 1. The minimum absolute atomic E-state index is 0.0519. The molecule has 3 aromatic rings. The van der Waals surface area contributed by atoms with Crippen molar-refractivity contribution in [2.45, 2.75) is 17.9 Å². The van der Waals surface area contributed by atoms with Gasteiger partial charge in [-0.1, -0.05) is 12.1 Å². The Kier molecular flexibility index (Phi) is 5.75. The summed E-state index contributed by atoms with van der Waals surface area (Å²) in [7, 11) is -2.51. The third kappa shape index (κ3) is 4.24. The zero-order chi connectivity index (χ0) is 22.9. The summed E-state index contributed by atoms with van der Waals surface area (Å²) in [6, 6.07) is 16.5. The predicted molar refractivity (Wildman–Crippen MR) is 118 cm³/mol. The van der Waals surface area contributed by atoms with E-state index in [4.69, 9.17) is 9.47 Å². The minimum atomic E-state index is -4.00. The van der Waals surface area contributed by atoms with Gasteiger partial charge in [0.2, 0.25) is 0 Å². The van der Waals surface area contributed by atoms with E-state index in [-0.39, 0.29) is 22.9 Å². The van der Waals surface area contributed by atoms with Gasteiger partial charge in [0, 0.05) is 5.69 Å². The molecule has 7 nitrogen and oxygen atoms in total. The Hall–Kier alpha value is -3.59. The largest absolute Gasteiger partial charge is 0.497 e. The molecule has 0 aromatic heterocycles. The number of carbonyl (C=O) groups excluding carboxylic acids is 1. The van der Waals surface area contributed by atoms with Crippen molar-refractivity contribution in [2.24, 2.45) is 0 Å². The topological polar surface area (TPSA) is 84.9 Å². The van der Waals surface area contributed by atoms with Gasteiger partial charge < -0.3 is 14.8 Å². The molecular weight excluding hydrogens is 435 g/mol. The number of rotatable bonds is 5. The van der Waals surface area contributed by atoms with Crippen LogP contribution >= 0.6 is 0 Å². The SMILES string of the molecule is COc1ccc(S(=O)(=O)N2CC(C(=O)Nc3cccc(F)c3)Oc3cc(C)ccc32)cc1. The first kappa shape index (κ1) is 21.6. The molecule has 0 radical (unpaired) electrons. The van der Waals surface area contributed by atoms with Gasteiger partial charge in [-0.05, 0) is 67.1 Å². The maximum absolute atomic E-state index is 13.5. The zero-order valence-corrected chi connectivity index (χ0v) is 18.2. The lowest BCUT2D eigenvalue weighted by Crippen LogP contribution is -2.48. The number of ether oxygens (including phenoxy) is 2. The molecule has 0 saturated heterocycles. The first-order valence-electron chi connectivity index (χ1n) is 9.78. The van der Waals surface area contributed by atoms with Crippen LogP contribution in [0.2, 0.25) is 0 Å². The maximum atomic E-state index is 13.5. The number of sulfonamides is 1. The number of methoxy groups -OCH3 is 1. The molecule has 0 spiro atoms. The molecule has 0 saturated carbocycles. The molecule has 4 rings (SSSR count). The Morgan fingerprint density at radius 3 is 2.56 bits per heavy atom. The maximum Gasteiger partial charge on any atom is 0.267 e. The summed E-state index contributed by atoms with van der Waals surface area (Å²) >= 11 is 0. The van der Waals surface area contributed by atoms with Crippen LogP contribution in [0.4, 0.5) is 15.8 Å². The second-order valence-corrected chi connectivity index (χ2v) is 9.15. The number of benzene rings is 3. The molecule has 0 aliphatic carbocycles. The molecule has 1 amide bonds. The molecule has 1 atom stereocenters. The fourth-order valence-electron chi connectivity index (χ4n) is 3.39. The van der Waals surface area contributed by atoms with Crippen LogP contribution in [0.15, 0.2) is 71.6 Å². The number of nitrogens with zero attached hydrogens (tertiary/aromatic N) is 1. The monoisotopic (exact) mass is 456 g/mol. The Bertz CT molecular complexity index is 1260. The average molecular weight is 456 g/mol. The molecule has 32 heavy (non-hydrogen) atoms. The lowest BCUT2D eigenvalue weighted by atomic mass is 10.1. The minimum Gasteiger partial charge on any atom is -0.497 e. The van der Waals surface area contributed by atoms with Crippen molar-refractivity contribution in [1.82, 2.24) is 0 Å². The van der Waals surface area contributed by atoms with Gasteiger partial charge >= 0.3 is 0 Å². The van der Waals surface area contributed by atoms with Crippen molar-refractivity contribution in [3.63, 3.8) is 0 Å². The standard InChI is InChI=1S/C23H21FN2O5S/c1-15-6-11-20-21(12-15)31-22(23(27)25-17-5-3-4-16(24)13-17)14-26(20)32(28,29)19-9-7-18(30-2)8-10-19/h3-13,22H,14H2,1-2H3,(H,25,27). The van der Waals surface area contributed by atoms with Gasteiger partial charge in [-0.2, -0.15) is 0 Å². The first-order valence-corrected chi connectivity index (χ1v) is 11.2. The summed E-state index contributed by atoms with van der Waals surface area (Å²) in [6.07, 6.45) is -1.14. The van der Waals surface area contributed by atoms with Crippen LogP contribution in [-0.2, 0) is 14.8 Å². The predicted octanol–water partition coefficient (Wildman–Crippen LogP) is 3.74. The molecule has 1 N–H and O–H groups in total. The van der Waals surface area contributed by atoms with E-state index in [1.807, 2.05) is 6.92 Å². The Morgan fingerprint density at radius 1 is 1.12 bits per heavy atom. The van der Waals surface area contributed by atoms with Gasteiger partial charge in [-0.3, -0.25) is 9.10 Å².